The van der Waals surface area contributed by atoms with E-state index >= 15 is 0 Å². The molecule has 0 aliphatic carbocycles. The molecule has 0 amide bonds. The number of hydrogen-bond acceptors (Lipinski definition) is 2. The number of nitrogens with two attached hydrogens (primary N) is 1. The normalized spacial score (nSPS) is 25.3. The number of rotatable bonds is 3. The Labute approximate surface area is 115 Å². The van der Waals surface area contributed by atoms with Crippen LogP contribution in [0.25, 0.3) is 0 Å². The standard InChI is InChI=1S/C15H23ClN2/c1-11-3-6-14(15(16)7-11)10-18-9-13(8-17)5-4-12(18)2/h3,6-7,12-13H,4-5,8-10,17H2,1-2H3. The molecule has 2 nitrogen and oxygen atoms in total. The Hall–Kier alpha value is -0.570. The van der Waals surface area contributed by atoms with Crippen LogP contribution in [0.3, 0.4) is 0 Å². The highest BCUT2D eigenvalue weighted by Crippen LogP contribution is 2.26. The molecule has 1 aliphatic heterocycles. The molecule has 1 saturated heterocycles. The van der Waals surface area contributed by atoms with Crippen molar-refractivity contribution in [3.05, 3.63) is 34.3 Å². The number of nitrogens with zero attached hydrogens (tertiary/aromatic N) is 1. The third kappa shape index (κ3) is 3.25. The number of piperidine rings is 1. The van der Waals surface area contributed by atoms with Crippen LogP contribution in [-0.4, -0.2) is 24.0 Å². The predicted octanol–water partition coefficient (Wildman–Crippen LogP) is 3.21. The van der Waals surface area contributed by atoms with E-state index in [0.717, 1.165) is 24.7 Å². The Kier molecular flexibility index (Phi) is 4.66. The van der Waals surface area contributed by atoms with Gasteiger partial charge in [0.15, 0.2) is 0 Å². The molecule has 2 atom stereocenters. The van der Waals surface area contributed by atoms with Gasteiger partial charge in [0.2, 0.25) is 0 Å². The van der Waals surface area contributed by atoms with E-state index in [2.05, 4.69) is 30.9 Å². The van der Waals surface area contributed by atoms with Gasteiger partial charge < -0.3 is 5.73 Å². The largest absolute Gasteiger partial charge is 0.330 e. The van der Waals surface area contributed by atoms with Crippen LogP contribution in [0.1, 0.15) is 30.9 Å². The van der Waals surface area contributed by atoms with Crippen molar-refractivity contribution in [2.24, 2.45) is 11.7 Å². The second kappa shape index (κ2) is 6.05. The molecule has 3 heteroatoms. The lowest BCUT2D eigenvalue weighted by atomic mass is 9.93. The maximum absolute atomic E-state index is 6.32. The highest BCUT2D eigenvalue weighted by Gasteiger charge is 2.24. The van der Waals surface area contributed by atoms with Crippen molar-refractivity contribution in [2.45, 2.75) is 39.3 Å². The Balaban J connectivity index is 2.07. The Bertz CT molecular complexity index is 405. The molecule has 18 heavy (non-hydrogen) atoms. The fraction of sp³-hybridized carbons (Fsp3) is 0.600. The van der Waals surface area contributed by atoms with Crippen LogP contribution in [0.5, 0.6) is 0 Å². The van der Waals surface area contributed by atoms with Crippen molar-refractivity contribution < 1.29 is 0 Å². The zero-order chi connectivity index (χ0) is 13.1. The molecular weight excluding hydrogens is 244 g/mol. The van der Waals surface area contributed by atoms with Gasteiger partial charge in [0.05, 0.1) is 0 Å². The summed E-state index contributed by atoms with van der Waals surface area (Å²) >= 11 is 6.32. The van der Waals surface area contributed by atoms with Gasteiger partial charge in [-0.25, -0.2) is 0 Å². The van der Waals surface area contributed by atoms with Crippen LogP contribution < -0.4 is 5.73 Å². The summed E-state index contributed by atoms with van der Waals surface area (Å²) in [5.41, 5.74) is 8.25. The van der Waals surface area contributed by atoms with Crippen molar-refractivity contribution in [3.8, 4) is 0 Å². The van der Waals surface area contributed by atoms with Crippen molar-refractivity contribution >= 4 is 11.6 Å². The average Bonchev–Trinajstić information content (AvgIpc) is 2.35. The van der Waals surface area contributed by atoms with Gasteiger partial charge in [-0.2, -0.15) is 0 Å². The molecule has 0 aromatic heterocycles. The smallest absolute Gasteiger partial charge is 0.0453 e. The second-order valence-electron chi connectivity index (χ2n) is 5.55. The zero-order valence-electron chi connectivity index (χ0n) is 11.3. The van der Waals surface area contributed by atoms with Crippen LogP contribution in [-0.2, 0) is 6.54 Å². The fourth-order valence-corrected chi connectivity index (χ4v) is 2.97. The first-order chi connectivity index (χ1) is 8.60. The van der Waals surface area contributed by atoms with E-state index in [1.54, 1.807) is 0 Å². The van der Waals surface area contributed by atoms with Crippen LogP contribution >= 0.6 is 11.6 Å². The molecular formula is C15H23ClN2. The minimum atomic E-state index is 0.630. The molecule has 2 rings (SSSR count). The monoisotopic (exact) mass is 266 g/mol. The van der Waals surface area contributed by atoms with E-state index < -0.39 is 0 Å². The van der Waals surface area contributed by atoms with Gasteiger partial charge in [-0.15, -0.1) is 0 Å². The third-order valence-corrected chi connectivity index (χ3v) is 4.38. The zero-order valence-corrected chi connectivity index (χ0v) is 12.1. The molecule has 1 aromatic rings. The molecule has 1 heterocycles. The summed E-state index contributed by atoms with van der Waals surface area (Å²) in [7, 11) is 0. The molecule has 2 unspecified atom stereocenters. The van der Waals surface area contributed by atoms with E-state index in [1.165, 1.54) is 24.0 Å². The summed E-state index contributed by atoms with van der Waals surface area (Å²) in [4.78, 5) is 2.51. The van der Waals surface area contributed by atoms with E-state index in [1.807, 2.05) is 6.07 Å². The van der Waals surface area contributed by atoms with Crippen molar-refractivity contribution in [2.75, 3.05) is 13.1 Å². The van der Waals surface area contributed by atoms with Gasteiger partial charge in [-0.3, -0.25) is 4.90 Å². The average molecular weight is 267 g/mol. The molecule has 0 bridgehead atoms. The first-order valence-corrected chi connectivity index (χ1v) is 7.17. The minimum Gasteiger partial charge on any atom is -0.330 e. The fourth-order valence-electron chi connectivity index (χ4n) is 2.67. The number of halogens is 1. The number of aryl methyl sites for hydroxylation is 1. The molecule has 0 saturated carbocycles. The van der Waals surface area contributed by atoms with Crippen LogP contribution in [0.15, 0.2) is 18.2 Å². The highest BCUT2D eigenvalue weighted by molar-refractivity contribution is 6.31. The maximum atomic E-state index is 6.32. The first kappa shape index (κ1) is 13.9. The molecule has 0 radical (unpaired) electrons. The minimum absolute atomic E-state index is 0.630. The van der Waals surface area contributed by atoms with E-state index in [9.17, 15) is 0 Å². The van der Waals surface area contributed by atoms with Crippen LogP contribution in [0, 0.1) is 12.8 Å². The summed E-state index contributed by atoms with van der Waals surface area (Å²) in [6.07, 6.45) is 2.50. The summed E-state index contributed by atoms with van der Waals surface area (Å²) in [6.45, 7) is 7.21. The summed E-state index contributed by atoms with van der Waals surface area (Å²) in [5.74, 6) is 0.644. The molecule has 1 fully saturated rings. The number of benzene rings is 1. The van der Waals surface area contributed by atoms with E-state index in [0.29, 0.717) is 12.0 Å². The number of likely N-dealkylation sites (tertiary alicyclic amines) is 1. The van der Waals surface area contributed by atoms with Crippen molar-refractivity contribution in [1.29, 1.82) is 0 Å². The summed E-state index contributed by atoms with van der Waals surface area (Å²) in [6, 6.07) is 6.96. The van der Waals surface area contributed by atoms with E-state index in [-0.39, 0.29) is 0 Å². The lowest BCUT2D eigenvalue weighted by molar-refractivity contribution is 0.113. The van der Waals surface area contributed by atoms with Gasteiger partial charge in [-0.1, -0.05) is 23.7 Å². The van der Waals surface area contributed by atoms with Crippen LogP contribution in [0.2, 0.25) is 5.02 Å². The molecule has 1 aliphatic rings. The first-order valence-electron chi connectivity index (χ1n) is 6.79. The van der Waals surface area contributed by atoms with E-state index in [4.69, 9.17) is 17.3 Å². The van der Waals surface area contributed by atoms with Crippen molar-refractivity contribution in [1.82, 2.24) is 4.90 Å². The lowest BCUT2D eigenvalue weighted by Gasteiger charge is -2.37. The quantitative estimate of drug-likeness (QED) is 0.910. The van der Waals surface area contributed by atoms with Crippen molar-refractivity contribution in [3.63, 3.8) is 0 Å². The Morgan fingerprint density at radius 1 is 1.39 bits per heavy atom. The molecule has 100 valence electrons. The SMILES string of the molecule is Cc1ccc(CN2CC(CN)CCC2C)c(Cl)c1. The predicted molar refractivity (Wildman–Crippen MR) is 77.8 cm³/mol. The molecule has 2 N–H and O–H groups in total. The Morgan fingerprint density at radius 3 is 2.83 bits per heavy atom. The Morgan fingerprint density at radius 2 is 2.17 bits per heavy atom. The third-order valence-electron chi connectivity index (χ3n) is 4.02. The maximum Gasteiger partial charge on any atom is 0.0453 e. The summed E-state index contributed by atoms with van der Waals surface area (Å²) < 4.78 is 0. The van der Waals surface area contributed by atoms with Gasteiger partial charge in [0, 0.05) is 24.2 Å². The highest BCUT2D eigenvalue weighted by atomic mass is 35.5. The number of hydrogen-bond donors (Lipinski definition) is 1. The lowest BCUT2D eigenvalue weighted by Crippen LogP contribution is -2.43. The summed E-state index contributed by atoms with van der Waals surface area (Å²) in [5, 5.41) is 0.886. The second-order valence-corrected chi connectivity index (χ2v) is 5.96. The van der Waals surface area contributed by atoms with Gasteiger partial charge in [0.25, 0.3) is 0 Å². The van der Waals surface area contributed by atoms with Gasteiger partial charge >= 0.3 is 0 Å². The van der Waals surface area contributed by atoms with Gasteiger partial charge in [-0.05, 0) is 56.3 Å². The topological polar surface area (TPSA) is 29.3 Å². The molecule has 0 spiro atoms. The molecule has 1 aromatic carbocycles. The van der Waals surface area contributed by atoms with Crippen LogP contribution in [0.4, 0.5) is 0 Å². The van der Waals surface area contributed by atoms with Gasteiger partial charge in [0.1, 0.15) is 0 Å².